The molecule has 4 rings (SSSR count). The summed E-state index contributed by atoms with van der Waals surface area (Å²) in [6.45, 7) is 3.94. The SMILES string of the molecule is CCC(C)(NC(=O)C(CN(C)Cc1ccccc1)NC(=O)OCC1c2ccccc2-c2ccccc21)C(=O)O. The largest absolute Gasteiger partial charge is 0.480 e. The number of rotatable bonds is 11. The average molecular weight is 530 g/mol. The fourth-order valence-corrected chi connectivity index (χ4v) is 4.90. The highest BCUT2D eigenvalue weighted by molar-refractivity contribution is 5.91. The van der Waals surface area contributed by atoms with Gasteiger partial charge in [0.25, 0.3) is 0 Å². The van der Waals surface area contributed by atoms with Crippen molar-refractivity contribution in [3.8, 4) is 11.1 Å². The van der Waals surface area contributed by atoms with Crippen LogP contribution in [0.1, 0.15) is 42.9 Å². The number of benzene rings is 3. The molecule has 1 aliphatic rings. The molecule has 8 heteroatoms. The van der Waals surface area contributed by atoms with Gasteiger partial charge in [0.15, 0.2) is 0 Å². The van der Waals surface area contributed by atoms with E-state index in [4.69, 9.17) is 4.74 Å². The lowest BCUT2D eigenvalue weighted by Gasteiger charge is -2.29. The lowest BCUT2D eigenvalue weighted by molar-refractivity contribution is -0.147. The maximum absolute atomic E-state index is 13.3. The van der Waals surface area contributed by atoms with Crippen molar-refractivity contribution in [2.24, 2.45) is 0 Å². The van der Waals surface area contributed by atoms with Crippen molar-refractivity contribution in [3.63, 3.8) is 0 Å². The Morgan fingerprint density at radius 3 is 2.08 bits per heavy atom. The average Bonchev–Trinajstić information content (AvgIpc) is 3.25. The molecular weight excluding hydrogens is 494 g/mol. The Morgan fingerprint density at radius 1 is 0.949 bits per heavy atom. The molecule has 1 aliphatic carbocycles. The minimum atomic E-state index is -1.46. The van der Waals surface area contributed by atoms with Crippen molar-refractivity contribution < 1.29 is 24.2 Å². The highest BCUT2D eigenvalue weighted by Gasteiger charge is 2.36. The van der Waals surface area contributed by atoms with Gasteiger partial charge >= 0.3 is 12.1 Å². The number of carbonyl (C=O) groups is 3. The number of carboxylic acid groups (broad SMARTS) is 1. The van der Waals surface area contributed by atoms with Crippen LogP contribution in [-0.4, -0.2) is 59.8 Å². The van der Waals surface area contributed by atoms with E-state index < -0.39 is 29.6 Å². The summed E-state index contributed by atoms with van der Waals surface area (Å²) >= 11 is 0. The van der Waals surface area contributed by atoms with Crippen LogP contribution >= 0.6 is 0 Å². The van der Waals surface area contributed by atoms with Crippen LogP contribution in [0.5, 0.6) is 0 Å². The molecular formula is C31H35N3O5. The first-order valence-electron chi connectivity index (χ1n) is 13.1. The van der Waals surface area contributed by atoms with E-state index in [1.807, 2.05) is 78.7 Å². The Hall–Kier alpha value is -4.17. The summed E-state index contributed by atoms with van der Waals surface area (Å²) in [5, 5.41) is 14.9. The number of nitrogens with one attached hydrogen (secondary N) is 2. The number of hydrogen-bond donors (Lipinski definition) is 3. The van der Waals surface area contributed by atoms with E-state index in [-0.39, 0.29) is 25.5 Å². The Labute approximate surface area is 229 Å². The smallest absolute Gasteiger partial charge is 0.407 e. The van der Waals surface area contributed by atoms with Crippen LogP contribution in [0.3, 0.4) is 0 Å². The first kappa shape index (κ1) is 27.9. The lowest BCUT2D eigenvalue weighted by atomic mass is 9.98. The normalized spacial score (nSPS) is 14.6. The first-order valence-corrected chi connectivity index (χ1v) is 13.1. The number of hydrogen-bond acceptors (Lipinski definition) is 5. The Kier molecular flexibility index (Phi) is 8.66. The fraction of sp³-hybridized carbons (Fsp3) is 0.323. The van der Waals surface area contributed by atoms with Gasteiger partial charge in [0.1, 0.15) is 18.2 Å². The van der Waals surface area contributed by atoms with Crippen molar-refractivity contribution in [2.75, 3.05) is 20.2 Å². The van der Waals surface area contributed by atoms with Crippen molar-refractivity contribution in [1.82, 2.24) is 15.5 Å². The maximum Gasteiger partial charge on any atom is 0.407 e. The molecule has 0 aromatic heterocycles. The number of likely N-dealkylation sites (N-methyl/N-ethyl adjacent to an activating group) is 1. The predicted octanol–water partition coefficient (Wildman–Crippen LogP) is 4.40. The van der Waals surface area contributed by atoms with E-state index in [2.05, 4.69) is 22.8 Å². The fourth-order valence-electron chi connectivity index (χ4n) is 4.90. The monoisotopic (exact) mass is 529 g/mol. The third-order valence-electron chi connectivity index (χ3n) is 7.32. The standard InChI is InChI=1S/C31H35N3O5/c1-4-31(2,29(36)37)33-28(35)27(19-34(3)18-21-12-6-5-7-13-21)32-30(38)39-20-26-24-16-10-8-14-22(24)23-15-9-11-17-25(23)26/h5-17,26-27H,4,18-20H2,1-3H3,(H,32,38)(H,33,35)(H,36,37). The van der Waals surface area contributed by atoms with Gasteiger partial charge < -0.3 is 20.5 Å². The number of ether oxygens (including phenoxy) is 1. The number of nitrogens with zero attached hydrogens (tertiary/aromatic N) is 1. The number of carbonyl (C=O) groups excluding carboxylic acids is 2. The first-order chi connectivity index (χ1) is 18.7. The van der Waals surface area contributed by atoms with Gasteiger partial charge in [-0.2, -0.15) is 0 Å². The van der Waals surface area contributed by atoms with E-state index in [1.165, 1.54) is 6.92 Å². The summed E-state index contributed by atoms with van der Waals surface area (Å²) in [5.41, 5.74) is 4.00. The summed E-state index contributed by atoms with van der Waals surface area (Å²) in [4.78, 5) is 40.0. The molecule has 2 unspecified atom stereocenters. The van der Waals surface area contributed by atoms with Crippen LogP contribution in [-0.2, 0) is 20.9 Å². The van der Waals surface area contributed by atoms with Gasteiger partial charge in [-0.25, -0.2) is 9.59 Å². The number of fused-ring (bicyclic) bond motifs is 3. The minimum Gasteiger partial charge on any atom is -0.480 e. The zero-order chi connectivity index (χ0) is 28.0. The molecule has 3 N–H and O–H groups in total. The van der Waals surface area contributed by atoms with E-state index in [9.17, 15) is 19.5 Å². The second-order valence-corrected chi connectivity index (χ2v) is 10.2. The van der Waals surface area contributed by atoms with Crippen LogP contribution in [0, 0.1) is 0 Å². The Morgan fingerprint density at radius 2 is 1.51 bits per heavy atom. The molecule has 0 fully saturated rings. The molecule has 39 heavy (non-hydrogen) atoms. The predicted molar refractivity (Wildman–Crippen MR) is 149 cm³/mol. The number of alkyl carbamates (subject to hydrolysis) is 1. The second-order valence-electron chi connectivity index (χ2n) is 10.2. The summed E-state index contributed by atoms with van der Waals surface area (Å²) in [7, 11) is 1.84. The molecule has 2 amide bonds. The minimum absolute atomic E-state index is 0.107. The molecule has 0 aliphatic heterocycles. The van der Waals surface area contributed by atoms with Crippen LogP contribution in [0.4, 0.5) is 4.79 Å². The number of carboxylic acids is 1. The zero-order valence-corrected chi connectivity index (χ0v) is 22.5. The molecule has 0 heterocycles. The van der Waals surface area contributed by atoms with E-state index in [0.717, 1.165) is 27.8 Å². The molecule has 0 saturated carbocycles. The van der Waals surface area contributed by atoms with Crippen LogP contribution in [0.25, 0.3) is 11.1 Å². The second kappa shape index (κ2) is 12.1. The molecule has 8 nitrogen and oxygen atoms in total. The van der Waals surface area contributed by atoms with Crippen molar-refractivity contribution >= 4 is 18.0 Å². The van der Waals surface area contributed by atoms with Gasteiger partial charge in [-0.3, -0.25) is 9.69 Å². The summed E-state index contributed by atoms with van der Waals surface area (Å²) in [6, 6.07) is 24.8. The van der Waals surface area contributed by atoms with Gasteiger partial charge in [0.05, 0.1) is 0 Å². The van der Waals surface area contributed by atoms with Gasteiger partial charge in [-0.15, -0.1) is 0 Å². The number of aliphatic carboxylic acids is 1. The third-order valence-corrected chi connectivity index (χ3v) is 7.32. The molecule has 3 aromatic rings. The van der Waals surface area contributed by atoms with E-state index in [0.29, 0.717) is 6.54 Å². The summed E-state index contributed by atoms with van der Waals surface area (Å²) in [5.74, 6) is -1.85. The quantitative estimate of drug-likeness (QED) is 0.340. The highest BCUT2D eigenvalue weighted by Crippen LogP contribution is 2.44. The molecule has 3 aromatic carbocycles. The van der Waals surface area contributed by atoms with E-state index in [1.54, 1.807) is 6.92 Å². The topological polar surface area (TPSA) is 108 Å². The van der Waals surface area contributed by atoms with Crippen LogP contribution < -0.4 is 10.6 Å². The molecule has 0 spiro atoms. The molecule has 0 bridgehead atoms. The van der Waals surface area contributed by atoms with Gasteiger partial charge in [0.2, 0.25) is 5.91 Å². The zero-order valence-electron chi connectivity index (χ0n) is 22.5. The van der Waals surface area contributed by atoms with Crippen molar-refractivity contribution in [3.05, 3.63) is 95.6 Å². The molecule has 2 atom stereocenters. The highest BCUT2D eigenvalue weighted by atomic mass is 16.5. The van der Waals surface area contributed by atoms with Crippen molar-refractivity contribution in [1.29, 1.82) is 0 Å². The summed E-state index contributed by atoms with van der Waals surface area (Å²) in [6.07, 6.45) is -0.551. The summed E-state index contributed by atoms with van der Waals surface area (Å²) < 4.78 is 5.66. The van der Waals surface area contributed by atoms with Gasteiger partial charge in [0, 0.05) is 19.0 Å². The molecule has 0 saturated heterocycles. The Bertz CT molecular complexity index is 1280. The Balaban J connectivity index is 1.46. The van der Waals surface area contributed by atoms with Crippen molar-refractivity contribution in [2.45, 2.75) is 44.3 Å². The van der Waals surface area contributed by atoms with E-state index >= 15 is 0 Å². The third kappa shape index (κ3) is 6.46. The van der Waals surface area contributed by atoms with Gasteiger partial charge in [-0.1, -0.05) is 85.8 Å². The van der Waals surface area contributed by atoms with Crippen LogP contribution in [0.2, 0.25) is 0 Å². The molecule has 0 radical (unpaired) electrons. The number of amides is 2. The lowest BCUT2D eigenvalue weighted by Crippen LogP contribution is -2.59. The maximum atomic E-state index is 13.3. The molecule has 204 valence electrons. The van der Waals surface area contributed by atoms with Crippen LogP contribution in [0.15, 0.2) is 78.9 Å². The van der Waals surface area contributed by atoms with Gasteiger partial charge in [-0.05, 0) is 48.2 Å².